The van der Waals surface area contributed by atoms with Gasteiger partial charge in [0.15, 0.2) is 0 Å². The minimum atomic E-state index is 0.620. The topological polar surface area (TPSA) is 24.9 Å². The van der Waals surface area contributed by atoms with E-state index in [0.29, 0.717) is 11.5 Å². The molecular weight excluding hydrogens is 276 g/mol. The molecule has 2 fully saturated rings. The lowest BCUT2D eigenvalue weighted by molar-refractivity contribution is 0.117. The second-order valence-electron chi connectivity index (χ2n) is 5.60. The molecule has 1 atom stereocenters. The van der Waals surface area contributed by atoms with Crippen molar-refractivity contribution in [3.05, 3.63) is 22.4 Å². The van der Waals surface area contributed by atoms with E-state index in [-0.39, 0.29) is 0 Å². The first-order valence-electron chi connectivity index (χ1n) is 6.58. The first-order valence-corrected chi connectivity index (χ1v) is 7.37. The maximum absolute atomic E-state index is 4.26. The number of halogens is 1. The molecule has 2 aliphatic carbocycles. The molecule has 0 bridgehead atoms. The van der Waals surface area contributed by atoms with Crippen molar-refractivity contribution in [3.63, 3.8) is 0 Å². The summed E-state index contributed by atoms with van der Waals surface area (Å²) < 4.78 is 1.10. The van der Waals surface area contributed by atoms with Crippen LogP contribution in [0.1, 0.15) is 44.1 Å². The molecule has 0 radical (unpaired) electrons. The standard InChI is InChI=1S/C14H19BrN2/c1-10-11(15)8-16-9-12(10)17-13-4-7-14(13)5-2-3-6-14/h8-9,13,17H,2-7H2,1H3. The fraction of sp³-hybridized carbons (Fsp3) is 0.643. The van der Waals surface area contributed by atoms with Gasteiger partial charge in [0.2, 0.25) is 0 Å². The van der Waals surface area contributed by atoms with Crippen molar-refractivity contribution in [1.82, 2.24) is 4.98 Å². The van der Waals surface area contributed by atoms with Crippen molar-refractivity contribution in [3.8, 4) is 0 Å². The number of rotatable bonds is 2. The molecule has 2 saturated carbocycles. The maximum Gasteiger partial charge on any atom is 0.0570 e. The molecular formula is C14H19BrN2. The fourth-order valence-electron chi connectivity index (χ4n) is 3.43. The Morgan fingerprint density at radius 1 is 1.29 bits per heavy atom. The predicted molar refractivity (Wildman–Crippen MR) is 74.2 cm³/mol. The highest BCUT2D eigenvalue weighted by atomic mass is 79.9. The highest BCUT2D eigenvalue weighted by molar-refractivity contribution is 9.10. The van der Waals surface area contributed by atoms with Crippen LogP contribution >= 0.6 is 15.9 Å². The predicted octanol–water partition coefficient (Wildman–Crippen LogP) is 4.29. The van der Waals surface area contributed by atoms with Crippen LogP contribution in [0.4, 0.5) is 5.69 Å². The molecule has 1 spiro atoms. The lowest BCUT2D eigenvalue weighted by Gasteiger charge is -2.48. The van der Waals surface area contributed by atoms with E-state index in [1.165, 1.54) is 49.8 Å². The Balaban J connectivity index is 1.77. The van der Waals surface area contributed by atoms with E-state index >= 15 is 0 Å². The first-order chi connectivity index (χ1) is 8.21. The van der Waals surface area contributed by atoms with E-state index in [4.69, 9.17) is 0 Å². The minimum absolute atomic E-state index is 0.620. The summed E-state index contributed by atoms with van der Waals surface area (Å²) >= 11 is 3.55. The number of hydrogen-bond donors (Lipinski definition) is 1. The van der Waals surface area contributed by atoms with Gasteiger partial charge in [-0.3, -0.25) is 4.98 Å². The maximum atomic E-state index is 4.26. The lowest BCUT2D eigenvalue weighted by Crippen LogP contribution is -2.47. The van der Waals surface area contributed by atoms with E-state index in [1.54, 1.807) is 0 Å². The number of hydrogen-bond acceptors (Lipinski definition) is 2. The van der Waals surface area contributed by atoms with Crippen LogP contribution < -0.4 is 5.32 Å². The van der Waals surface area contributed by atoms with E-state index in [0.717, 1.165) is 4.47 Å². The Bertz CT molecular complexity index is 424. The Morgan fingerprint density at radius 3 is 2.71 bits per heavy atom. The largest absolute Gasteiger partial charge is 0.380 e. The summed E-state index contributed by atoms with van der Waals surface area (Å²) in [4.78, 5) is 4.26. The van der Waals surface area contributed by atoms with Crippen molar-refractivity contribution in [2.24, 2.45) is 5.41 Å². The molecule has 1 aromatic rings. The summed E-state index contributed by atoms with van der Waals surface area (Å²) in [6.07, 6.45) is 12.3. The SMILES string of the molecule is Cc1c(Br)cncc1NC1CCC12CCCC2. The molecule has 3 rings (SSSR count). The molecule has 92 valence electrons. The van der Waals surface area contributed by atoms with E-state index in [1.807, 2.05) is 12.4 Å². The average molecular weight is 295 g/mol. The monoisotopic (exact) mass is 294 g/mol. The molecule has 0 aliphatic heterocycles. The molecule has 17 heavy (non-hydrogen) atoms. The molecule has 1 aromatic heterocycles. The molecule has 0 aromatic carbocycles. The Hall–Kier alpha value is -0.570. The number of aromatic nitrogens is 1. The van der Waals surface area contributed by atoms with Gasteiger partial charge in [-0.2, -0.15) is 0 Å². The number of nitrogens with zero attached hydrogens (tertiary/aromatic N) is 1. The molecule has 3 heteroatoms. The zero-order chi connectivity index (χ0) is 11.9. The zero-order valence-corrected chi connectivity index (χ0v) is 11.9. The van der Waals surface area contributed by atoms with E-state index in [9.17, 15) is 0 Å². The van der Waals surface area contributed by atoms with Crippen LogP contribution in [0.15, 0.2) is 16.9 Å². The van der Waals surface area contributed by atoms with Crippen molar-refractivity contribution >= 4 is 21.6 Å². The van der Waals surface area contributed by atoms with Gasteiger partial charge >= 0.3 is 0 Å². The van der Waals surface area contributed by atoms with Gasteiger partial charge in [0.25, 0.3) is 0 Å². The number of anilines is 1. The molecule has 0 amide bonds. The lowest BCUT2D eigenvalue weighted by atomic mass is 9.63. The number of nitrogens with one attached hydrogen (secondary N) is 1. The van der Waals surface area contributed by atoms with Gasteiger partial charge in [0.1, 0.15) is 0 Å². The van der Waals surface area contributed by atoms with Crippen LogP contribution in [0.2, 0.25) is 0 Å². The summed E-state index contributed by atoms with van der Waals surface area (Å²) in [6, 6.07) is 0.680. The first kappa shape index (κ1) is 11.5. The highest BCUT2D eigenvalue weighted by Crippen LogP contribution is 2.54. The van der Waals surface area contributed by atoms with Gasteiger partial charge in [-0.25, -0.2) is 0 Å². The quantitative estimate of drug-likeness (QED) is 0.880. The summed E-state index contributed by atoms with van der Waals surface area (Å²) in [5, 5.41) is 3.73. The van der Waals surface area contributed by atoms with Crippen molar-refractivity contribution < 1.29 is 0 Å². The summed E-state index contributed by atoms with van der Waals surface area (Å²) in [5.74, 6) is 0. The third-order valence-corrected chi connectivity index (χ3v) is 5.55. The van der Waals surface area contributed by atoms with Crippen LogP contribution in [0.25, 0.3) is 0 Å². The van der Waals surface area contributed by atoms with Gasteiger partial charge in [-0.15, -0.1) is 0 Å². The molecule has 1 heterocycles. The van der Waals surface area contributed by atoms with Crippen molar-refractivity contribution in [1.29, 1.82) is 0 Å². The minimum Gasteiger partial charge on any atom is -0.380 e. The van der Waals surface area contributed by atoms with Gasteiger partial charge < -0.3 is 5.32 Å². The fourth-order valence-corrected chi connectivity index (χ4v) is 3.76. The highest BCUT2D eigenvalue weighted by Gasteiger charge is 2.48. The van der Waals surface area contributed by atoms with E-state index < -0.39 is 0 Å². The van der Waals surface area contributed by atoms with Crippen molar-refractivity contribution in [2.75, 3.05) is 5.32 Å². The van der Waals surface area contributed by atoms with Crippen LogP contribution in [-0.2, 0) is 0 Å². The molecule has 2 aliphatic rings. The Kier molecular flexibility index (Phi) is 2.89. The zero-order valence-electron chi connectivity index (χ0n) is 10.3. The summed E-state index contributed by atoms with van der Waals surface area (Å²) in [5.41, 5.74) is 3.10. The van der Waals surface area contributed by atoms with Crippen molar-refractivity contribution in [2.45, 2.75) is 51.5 Å². The van der Waals surface area contributed by atoms with Crippen LogP contribution in [0.3, 0.4) is 0 Å². The Labute approximate surface area is 111 Å². The van der Waals surface area contributed by atoms with Crippen LogP contribution in [0.5, 0.6) is 0 Å². The second kappa shape index (κ2) is 4.27. The molecule has 2 nitrogen and oxygen atoms in total. The van der Waals surface area contributed by atoms with Crippen LogP contribution in [0, 0.1) is 12.3 Å². The molecule has 0 saturated heterocycles. The third kappa shape index (κ3) is 1.88. The average Bonchev–Trinajstić information content (AvgIpc) is 2.81. The van der Waals surface area contributed by atoms with E-state index in [2.05, 4.69) is 33.2 Å². The number of pyridine rings is 1. The normalized spacial score (nSPS) is 25.9. The van der Waals surface area contributed by atoms with Gasteiger partial charge in [-0.1, -0.05) is 12.8 Å². The van der Waals surface area contributed by atoms with Crippen LogP contribution in [-0.4, -0.2) is 11.0 Å². The van der Waals surface area contributed by atoms with Gasteiger partial charge in [0.05, 0.1) is 11.9 Å². The second-order valence-corrected chi connectivity index (χ2v) is 6.45. The van der Waals surface area contributed by atoms with Gasteiger partial charge in [0, 0.05) is 16.7 Å². The van der Waals surface area contributed by atoms with Gasteiger partial charge in [-0.05, 0) is 59.5 Å². The third-order valence-electron chi connectivity index (χ3n) is 4.75. The molecule has 1 unspecified atom stereocenters. The summed E-state index contributed by atoms with van der Waals surface area (Å²) in [6.45, 7) is 2.15. The summed E-state index contributed by atoms with van der Waals surface area (Å²) in [7, 11) is 0. The Morgan fingerprint density at radius 2 is 2.06 bits per heavy atom. The smallest absolute Gasteiger partial charge is 0.0570 e. The molecule has 1 N–H and O–H groups in total.